The highest BCUT2D eigenvalue weighted by molar-refractivity contribution is 6.34. The van der Waals surface area contributed by atoms with Crippen LogP contribution in [0.4, 0.5) is 0 Å². The van der Waals surface area contributed by atoms with E-state index in [-0.39, 0.29) is 5.92 Å². The van der Waals surface area contributed by atoms with Gasteiger partial charge in [-0.05, 0) is 37.9 Å². The van der Waals surface area contributed by atoms with Crippen molar-refractivity contribution in [3.8, 4) is 16.9 Å². The van der Waals surface area contributed by atoms with Crippen LogP contribution in [-0.4, -0.2) is 58.8 Å². The standard InChI is InChI=1S/C24H29ClN6O/c1-30-14-16(11-28-30)19-9-20-23(10-22(19)25)27-13-21(17-12-29-31(2)15-17)24(20)32-8-6-18-5-3-4-7-26-18/h9-14,17-18,26H,3-8,15H2,1-2H3/t17?,18-/m1/s1. The minimum absolute atomic E-state index is 0.150. The van der Waals surface area contributed by atoms with E-state index in [1.54, 1.807) is 4.68 Å². The van der Waals surface area contributed by atoms with Gasteiger partial charge in [0.2, 0.25) is 0 Å². The summed E-state index contributed by atoms with van der Waals surface area (Å²) in [7, 11) is 3.89. The van der Waals surface area contributed by atoms with Crippen LogP contribution in [0.1, 0.15) is 37.2 Å². The average Bonchev–Trinajstić information content (AvgIpc) is 3.42. The lowest BCUT2D eigenvalue weighted by Gasteiger charge is -2.24. The maximum Gasteiger partial charge on any atom is 0.134 e. The lowest BCUT2D eigenvalue weighted by molar-refractivity contribution is 0.267. The van der Waals surface area contributed by atoms with Crippen molar-refractivity contribution < 1.29 is 4.74 Å². The Morgan fingerprint density at radius 1 is 1.22 bits per heavy atom. The first-order chi connectivity index (χ1) is 15.6. The highest BCUT2D eigenvalue weighted by atomic mass is 35.5. The van der Waals surface area contributed by atoms with Crippen molar-refractivity contribution in [1.29, 1.82) is 0 Å². The highest BCUT2D eigenvalue weighted by Crippen LogP contribution is 2.39. The molecule has 0 aliphatic carbocycles. The van der Waals surface area contributed by atoms with Gasteiger partial charge in [-0.25, -0.2) is 0 Å². The van der Waals surface area contributed by atoms with Crippen LogP contribution >= 0.6 is 11.6 Å². The predicted molar refractivity (Wildman–Crippen MR) is 129 cm³/mol. The molecule has 1 unspecified atom stereocenters. The van der Waals surface area contributed by atoms with Crippen LogP contribution < -0.4 is 10.1 Å². The fourth-order valence-corrected chi connectivity index (χ4v) is 4.90. The molecule has 0 spiro atoms. The maximum atomic E-state index is 6.64. The van der Waals surface area contributed by atoms with Crippen molar-refractivity contribution in [1.82, 2.24) is 25.1 Å². The molecule has 168 valence electrons. The molecule has 8 heteroatoms. The number of hydrazone groups is 1. The number of nitrogens with one attached hydrogen (secondary N) is 1. The minimum atomic E-state index is 0.150. The molecule has 1 aromatic carbocycles. The zero-order chi connectivity index (χ0) is 22.1. The molecule has 1 saturated heterocycles. The molecule has 7 nitrogen and oxygen atoms in total. The number of hydrogen-bond acceptors (Lipinski definition) is 6. The average molecular weight is 453 g/mol. The van der Waals surface area contributed by atoms with Crippen LogP contribution in [0.5, 0.6) is 5.75 Å². The molecule has 2 aliphatic heterocycles. The number of aryl methyl sites for hydroxylation is 1. The number of hydrogen-bond donors (Lipinski definition) is 1. The summed E-state index contributed by atoms with van der Waals surface area (Å²) in [6.45, 7) is 2.58. The summed E-state index contributed by atoms with van der Waals surface area (Å²) < 4.78 is 8.29. The number of likely N-dealkylation sites (N-methyl/N-ethyl adjacent to an activating group) is 1. The Hall–Kier alpha value is -2.64. The van der Waals surface area contributed by atoms with E-state index >= 15 is 0 Å². The normalized spacial score (nSPS) is 20.9. The molecule has 2 aromatic heterocycles. The fourth-order valence-electron chi connectivity index (χ4n) is 4.64. The van der Waals surface area contributed by atoms with Crippen LogP contribution in [0, 0.1) is 0 Å². The van der Waals surface area contributed by atoms with Crippen LogP contribution in [0.15, 0.2) is 35.8 Å². The smallest absolute Gasteiger partial charge is 0.134 e. The second-order valence-corrected chi connectivity index (χ2v) is 9.20. The molecule has 5 rings (SSSR count). The van der Waals surface area contributed by atoms with Crippen molar-refractivity contribution in [3.05, 3.63) is 41.3 Å². The van der Waals surface area contributed by atoms with Gasteiger partial charge in [-0.3, -0.25) is 14.7 Å². The molecular weight excluding hydrogens is 424 g/mol. The number of nitrogens with zero attached hydrogens (tertiary/aromatic N) is 5. The van der Waals surface area contributed by atoms with Crippen molar-refractivity contribution in [2.24, 2.45) is 12.1 Å². The van der Waals surface area contributed by atoms with Crippen molar-refractivity contribution >= 4 is 28.7 Å². The van der Waals surface area contributed by atoms with Gasteiger partial charge in [-0.2, -0.15) is 10.2 Å². The van der Waals surface area contributed by atoms with Crippen molar-refractivity contribution in [2.75, 3.05) is 26.7 Å². The summed E-state index contributed by atoms with van der Waals surface area (Å²) in [5.74, 6) is 1.04. The molecule has 2 aliphatic rings. The predicted octanol–water partition coefficient (Wildman–Crippen LogP) is 4.21. The summed E-state index contributed by atoms with van der Waals surface area (Å²) >= 11 is 6.64. The molecule has 1 N–H and O–H groups in total. The van der Waals surface area contributed by atoms with E-state index in [0.717, 1.165) is 52.9 Å². The first kappa shape index (κ1) is 21.2. The van der Waals surface area contributed by atoms with Crippen LogP contribution in [0.25, 0.3) is 22.0 Å². The van der Waals surface area contributed by atoms with Gasteiger partial charge in [0.15, 0.2) is 0 Å². The molecule has 3 aromatic rings. The minimum Gasteiger partial charge on any atom is -0.492 e. The number of ether oxygens (including phenoxy) is 1. The third-order valence-corrected chi connectivity index (χ3v) is 6.69. The number of fused-ring (bicyclic) bond motifs is 1. The van der Waals surface area contributed by atoms with Gasteiger partial charge in [0, 0.05) is 73.3 Å². The number of rotatable bonds is 6. The van der Waals surface area contributed by atoms with Crippen LogP contribution in [-0.2, 0) is 7.05 Å². The SMILES string of the molecule is CN1CC(c2cnc3cc(Cl)c(-c4cnn(C)c4)cc3c2OCC[C@H]2CCCCN2)C=N1. The topological polar surface area (TPSA) is 67.6 Å². The molecule has 0 saturated carbocycles. The van der Waals surface area contributed by atoms with Gasteiger partial charge in [-0.1, -0.05) is 18.0 Å². The Morgan fingerprint density at radius 3 is 2.84 bits per heavy atom. The zero-order valence-corrected chi connectivity index (χ0v) is 19.3. The first-order valence-electron chi connectivity index (χ1n) is 11.3. The number of benzene rings is 1. The van der Waals surface area contributed by atoms with E-state index < -0.39 is 0 Å². The van der Waals surface area contributed by atoms with Gasteiger partial charge in [-0.15, -0.1) is 0 Å². The van der Waals surface area contributed by atoms with Crippen LogP contribution in [0.3, 0.4) is 0 Å². The van der Waals surface area contributed by atoms with Gasteiger partial charge in [0.1, 0.15) is 5.75 Å². The summed E-state index contributed by atoms with van der Waals surface area (Å²) in [6, 6.07) is 4.54. The quantitative estimate of drug-likeness (QED) is 0.606. The number of aromatic nitrogens is 3. The Bertz CT molecular complexity index is 1140. The molecule has 0 radical (unpaired) electrons. The van der Waals surface area contributed by atoms with Gasteiger partial charge >= 0.3 is 0 Å². The second kappa shape index (κ2) is 9.08. The monoisotopic (exact) mass is 452 g/mol. The van der Waals surface area contributed by atoms with Gasteiger partial charge in [0.05, 0.1) is 23.3 Å². The van der Waals surface area contributed by atoms with E-state index in [1.165, 1.54) is 19.3 Å². The summed E-state index contributed by atoms with van der Waals surface area (Å²) in [5.41, 5.74) is 3.81. The summed E-state index contributed by atoms with van der Waals surface area (Å²) in [6.07, 6.45) is 12.5. The molecule has 0 amide bonds. The van der Waals surface area contributed by atoms with E-state index in [4.69, 9.17) is 21.3 Å². The Labute approximate surface area is 193 Å². The molecule has 2 atom stereocenters. The zero-order valence-electron chi connectivity index (χ0n) is 18.6. The lowest BCUT2D eigenvalue weighted by atomic mass is 9.97. The lowest BCUT2D eigenvalue weighted by Crippen LogP contribution is -2.35. The Morgan fingerprint density at radius 2 is 2.12 bits per heavy atom. The molecule has 32 heavy (non-hydrogen) atoms. The number of halogens is 1. The van der Waals surface area contributed by atoms with Crippen LogP contribution in [0.2, 0.25) is 5.02 Å². The van der Waals surface area contributed by atoms with E-state index in [0.29, 0.717) is 17.7 Å². The molecule has 0 bridgehead atoms. The molecule has 1 fully saturated rings. The third kappa shape index (κ3) is 4.32. The van der Waals surface area contributed by atoms with Gasteiger partial charge < -0.3 is 10.1 Å². The first-order valence-corrected chi connectivity index (χ1v) is 11.7. The third-order valence-electron chi connectivity index (χ3n) is 6.38. The van der Waals surface area contributed by atoms with E-state index in [9.17, 15) is 0 Å². The number of piperidine rings is 1. The largest absolute Gasteiger partial charge is 0.492 e. The summed E-state index contributed by atoms with van der Waals surface area (Å²) in [4.78, 5) is 4.73. The maximum absolute atomic E-state index is 6.64. The molecule has 4 heterocycles. The molecular formula is C24H29ClN6O. The van der Waals surface area contributed by atoms with E-state index in [2.05, 4.69) is 21.6 Å². The Balaban J connectivity index is 1.53. The highest BCUT2D eigenvalue weighted by Gasteiger charge is 2.24. The van der Waals surface area contributed by atoms with Crippen molar-refractivity contribution in [3.63, 3.8) is 0 Å². The summed E-state index contributed by atoms with van der Waals surface area (Å²) in [5, 5.41) is 15.9. The van der Waals surface area contributed by atoms with Gasteiger partial charge in [0.25, 0.3) is 0 Å². The van der Waals surface area contributed by atoms with Crippen molar-refractivity contribution in [2.45, 2.75) is 37.6 Å². The van der Waals surface area contributed by atoms with E-state index in [1.807, 2.05) is 50.0 Å². The fraction of sp³-hybridized carbons (Fsp3) is 0.458. The number of pyridine rings is 1. The second-order valence-electron chi connectivity index (χ2n) is 8.79. The Kier molecular flexibility index (Phi) is 6.02.